The van der Waals surface area contributed by atoms with Gasteiger partial charge in [-0.3, -0.25) is 0 Å². The molecule has 1 rings (SSSR count). The number of carboxylic acids is 1. The molecule has 0 saturated heterocycles. The molecule has 3 heteroatoms. The summed E-state index contributed by atoms with van der Waals surface area (Å²) in [7, 11) is 0. The molecule has 0 bridgehead atoms. The van der Waals surface area contributed by atoms with Crippen molar-refractivity contribution in [2.24, 2.45) is 0 Å². The van der Waals surface area contributed by atoms with Crippen molar-refractivity contribution in [3.63, 3.8) is 0 Å². The van der Waals surface area contributed by atoms with Gasteiger partial charge >= 0.3 is 5.97 Å². The molecule has 0 amide bonds. The Kier molecular flexibility index (Phi) is 3.38. The van der Waals surface area contributed by atoms with E-state index in [0.29, 0.717) is 5.56 Å². The lowest BCUT2D eigenvalue weighted by Gasteiger charge is -2.09. The van der Waals surface area contributed by atoms with E-state index in [9.17, 15) is 9.90 Å². The second kappa shape index (κ2) is 4.74. The summed E-state index contributed by atoms with van der Waals surface area (Å²) in [6.07, 6.45) is 0. The lowest BCUT2D eigenvalue weighted by Crippen LogP contribution is -2.03. The summed E-state index contributed by atoms with van der Waals surface area (Å²) in [6, 6.07) is 3.91. The number of carbonyl (C=O) groups is 1. The number of benzene rings is 1. The molecule has 15 heavy (non-hydrogen) atoms. The summed E-state index contributed by atoms with van der Waals surface area (Å²) in [5.74, 6) is 8.50. The second-order valence-corrected chi connectivity index (χ2v) is 2.64. The van der Waals surface area contributed by atoms with E-state index in [1.54, 1.807) is 6.92 Å². The van der Waals surface area contributed by atoms with Gasteiger partial charge in [-0.15, -0.1) is 0 Å². The minimum absolute atomic E-state index is 0.248. The molecule has 0 spiro atoms. The summed E-state index contributed by atoms with van der Waals surface area (Å²) in [6.45, 7) is 1.65. The maximum Gasteiger partial charge on any atom is 0.335 e. The average Bonchev–Trinajstić information content (AvgIpc) is 2.17. The van der Waals surface area contributed by atoms with Gasteiger partial charge in [-0.25, -0.2) is 4.79 Å². The third-order valence-corrected chi connectivity index (χ3v) is 1.61. The monoisotopic (exact) mass is 199 g/mol. The fraction of sp³-hybridized carbons (Fsp3) is 0.0833. The highest BCUT2D eigenvalue weighted by molar-refractivity contribution is 5.90. The maximum atomic E-state index is 11.2. The first-order valence-corrected chi connectivity index (χ1v) is 4.12. The highest BCUT2D eigenvalue weighted by atomic mass is 16.4. The predicted octanol–water partition coefficient (Wildman–Crippen LogP) is 0.833. The van der Waals surface area contributed by atoms with Crippen LogP contribution in [0, 0.1) is 23.7 Å². The number of carboxylic acid groups (broad SMARTS) is 1. The predicted molar refractivity (Wildman–Crippen MR) is 53.2 cm³/mol. The van der Waals surface area contributed by atoms with Crippen molar-refractivity contribution in [2.45, 2.75) is 6.92 Å². The maximum absolute atomic E-state index is 11.2. The summed E-state index contributed by atoms with van der Waals surface area (Å²) in [5, 5.41) is 19.8. The zero-order valence-corrected chi connectivity index (χ0v) is 8.00. The number of aromatic carboxylic acids is 1. The highest BCUT2D eigenvalue weighted by Gasteiger charge is 2.02. The van der Waals surface area contributed by atoms with E-state index in [-0.39, 0.29) is 5.56 Å². The van der Waals surface area contributed by atoms with Crippen molar-refractivity contribution in [2.75, 3.05) is 0 Å². The molecule has 0 heterocycles. The minimum atomic E-state index is -1.23. The molecule has 0 aromatic heterocycles. The van der Waals surface area contributed by atoms with Gasteiger partial charge in [0.25, 0.3) is 0 Å². The zero-order chi connectivity index (χ0) is 11.3. The molecule has 1 N–H and O–H groups in total. The van der Waals surface area contributed by atoms with Gasteiger partial charge in [0, 0.05) is 5.56 Å². The lowest BCUT2D eigenvalue weighted by atomic mass is 10.1. The van der Waals surface area contributed by atoms with Gasteiger partial charge in [-0.05, 0) is 30.9 Å². The van der Waals surface area contributed by atoms with E-state index >= 15 is 0 Å². The van der Waals surface area contributed by atoms with Gasteiger partial charge in [-0.1, -0.05) is 23.7 Å². The van der Waals surface area contributed by atoms with Crippen LogP contribution < -0.4 is 5.11 Å². The average molecular weight is 199 g/mol. The molecule has 3 nitrogen and oxygen atoms in total. The van der Waals surface area contributed by atoms with E-state index in [1.165, 1.54) is 18.2 Å². The van der Waals surface area contributed by atoms with Crippen LogP contribution in [0.25, 0.3) is 0 Å². The summed E-state index contributed by atoms with van der Waals surface area (Å²) in [4.78, 5) is 10.5. The second-order valence-electron chi connectivity index (χ2n) is 2.64. The molecule has 0 saturated carbocycles. The van der Waals surface area contributed by atoms with Crippen molar-refractivity contribution in [3.05, 3.63) is 29.3 Å². The fourth-order valence-corrected chi connectivity index (χ4v) is 0.943. The summed E-state index contributed by atoms with van der Waals surface area (Å²) >= 11 is 0. The van der Waals surface area contributed by atoms with Gasteiger partial charge in [0.2, 0.25) is 0 Å². The first-order chi connectivity index (χ1) is 7.15. The number of hydrogen-bond donors (Lipinski definition) is 1. The van der Waals surface area contributed by atoms with Gasteiger partial charge in [-0.2, -0.15) is 0 Å². The Morgan fingerprint density at radius 3 is 2.67 bits per heavy atom. The molecule has 0 radical (unpaired) electrons. The first-order valence-electron chi connectivity index (χ1n) is 4.12. The van der Waals surface area contributed by atoms with E-state index in [1.807, 2.05) is 0 Å². The van der Waals surface area contributed by atoms with Gasteiger partial charge < -0.3 is 10.2 Å². The van der Waals surface area contributed by atoms with Crippen LogP contribution in [0.1, 0.15) is 22.8 Å². The quantitative estimate of drug-likeness (QED) is 0.681. The lowest BCUT2D eigenvalue weighted by molar-refractivity contribution is -0.268. The van der Waals surface area contributed by atoms with Crippen molar-refractivity contribution in [3.8, 4) is 29.4 Å². The standard InChI is InChI=1S/C12H8O3/c1-2-3-4-5-9-6-7-10(12(14)15)11(13)8-9/h6-8,13H,1H3,(H,14,15)/p-1. The Labute approximate surface area is 87.4 Å². The summed E-state index contributed by atoms with van der Waals surface area (Å²) < 4.78 is 0. The van der Waals surface area contributed by atoms with Crippen molar-refractivity contribution < 1.29 is 15.0 Å². The molecule has 74 valence electrons. The SMILES string of the molecule is CC#CC#Cc1ccc(C(=O)O)c([O-])c1. The van der Waals surface area contributed by atoms with Crippen LogP contribution in [-0.2, 0) is 0 Å². The number of hydrogen-bond acceptors (Lipinski definition) is 2. The van der Waals surface area contributed by atoms with E-state index in [4.69, 9.17) is 5.11 Å². The van der Waals surface area contributed by atoms with E-state index in [2.05, 4.69) is 23.7 Å². The molecule has 0 aliphatic carbocycles. The van der Waals surface area contributed by atoms with Gasteiger partial charge in [0.05, 0.1) is 5.56 Å². The largest absolute Gasteiger partial charge is 0.872 e. The Bertz CT molecular complexity index is 507. The van der Waals surface area contributed by atoms with Crippen LogP contribution in [0.3, 0.4) is 0 Å². The molecule has 0 aliphatic rings. The Morgan fingerprint density at radius 2 is 2.13 bits per heavy atom. The molecule has 0 fully saturated rings. The molecule has 0 unspecified atom stereocenters. The third kappa shape index (κ3) is 2.79. The van der Waals surface area contributed by atoms with Crippen LogP contribution in [-0.4, -0.2) is 11.1 Å². The molecular formula is C12H7O3-. The van der Waals surface area contributed by atoms with Crippen molar-refractivity contribution >= 4 is 5.97 Å². The molecule has 0 aliphatic heterocycles. The fourth-order valence-electron chi connectivity index (χ4n) is 0.943. The Balaban J connectivity index is 3.07. The Hall–Kier alpha value is -2.39. The van der Waals surface area contributed by atoms with Crippen LogP contribution >= 0.6 is 0 Å². The third-order valence-electron chi connectivity index (χ3n) is 1.61. The van der Waals surface area contributed by atoms with Crippen LogP contribution in [0.5, 0.6) is 5.75 Å². The smallest absolute Gasteiger partial charge is 0.335 e. The van der Waals surface area contributed by atoms with Crippen LogP contribution in [0.4, 0.5) is 0 Å². The van der Waals surface area contributed by atoms with Crippen LogP contribution in [0.2, 0.25) is 0 Å². The van der Waals surface area contributed by atoms with Crippen molar-refractivity contribution in [1.82, 2.24) is 0 Å². The van der Waals surface area contributed by atoms with Crippen molar-refractivity contribution in [1.29, 1.82) is 0 Å². The van der Waals surface area contributed by atoms with Gasteiger partial charge in [0.1, 0.15) is 0 Å². The summed E-state index contributed by atoms with van der Waals surface area (Å²) in [5.41, 5.74) is 0.217. The molecule has 1 aromatic carbocycles. The first kappa shape index (κ1) is 10.7. The Morgan fingerprint density at radius 1 is 1.40 bits per heavy atom. The van der Waals surface area contributed by atoms with Crippen LogP contribution in [0.15, 0.2) is 18.2 Å². The normalized spacial score (nSPS) is 8.07. The van der Waals surface area contributed by atoms with E-state index in [0.717, 1.165) is 0 Å². The minimum Gasteiger partial charge on any atom is -0.872 e. The molecule has 0 atom stereocenters. The molecule has 1 aromatic rings. The van der Waals surface area contributed by atoms with Gasteiger partial charge in [0.15, 0.2) is 0 Å². The topological polar surface area (TPSA) is 60.4 Å². The van der Waals surface area contributed by atoms with E-state index < -0.39 is 11.7 Å². The highest BCUT2D eigenvalue weighted by Crippen LogP contribution is 2.14. The number of rotatable bonds is 1. The zero-order valence-electron chi connectivity index (χ0n) is 8.00. The molecular weight excluding hydrogens is 192 g/mol.